The summed E-state index contributed by atoms with van der Waals surface area (Å²) in [5.41, 5.74) is 10.6. The van der Waals surface area contributed by atoms with E-state index in [4.69, 9.17) is 31.8 Å². The number of phenols is 1. The number of nitrogen functional groups attached to an aromatic ring is 1. The van der Waals surface area contributed by atoms with E-state index in [0.29, 0.717) is 11.4 Å². The molecule has 13 heteroatoms. The van der Waals surface area contributed by atoms with Gasteiger partial charge in [0.2, 0.25) is 11.6 Å². The zero-order valence-electron chi connectivity index (χ0n) is 20.9. The monoisotopic (exact) mass is 547 g/mol. The molecule has 0 unspecified atom stereocenters. The average Bonchev–Trinajstić information content (AvgIpc) is 2.92. The molecule has 0 spiro atoms. The molecule has 0 saturated heterocycles. The first kappa shape index (κ1) is 27.3. The fourth-order valence-corrected chi connectivity index (χ4v) is 3.53. The highest BCUT2D eigenvalue weighted by atomic mass is 19.1. The molecule has 0 aliphatic carbocycles. The van der Waals surface area contributed by atoms with E-state index in [1.165, 1.54) is 31.3 Å². The van der Waals surface area contributed by atoms with Gasteiger partial charge in [-0.1, -0.05) is 24.3 Å². The van der Waals surface area contributed by atoms with Crippen LogP contribution in [0.3, 0.4) is 0 Å². The highest BCUT2D eigenvalue weighted by Crippen LogP contribution is 2.37. The smallest absolute Gasteiger partial charge is 0.264 e. The number of carbonyl (C=O) groups is 1. The Hall–Kier alpha value is -5.72. The topological polar surface area (TPSA) is 184 Å². The van der Waals surface area contributed by atoms with Gasteiger partial charge in [0, 0.05) is 30.1 Å². The second kappa shape index (κ2) is 11.3. The molecular weight excluding hydrogens is 524 g/mol. The molecule has 3 aromatic carbocycles. The summed E-state index contributed by atoms with van der Waals surface area (Å²) >= 11 is 0. The van der Waals surface area contributed by atoms with Crippen LogP contribution < -0.4 is 31.2 Å². The molecule has 1 heterocycles. The number of pyridine rings is 1. The molecule has 4 rings (SSSR count). The van der Waals surface area contributed by atoms with Gasteiger partial charge in [-0.2, -0.15) is 13.8 Å². The van der Waals surface area contributed by atoms with E-state index in [0.717, 1.165) is 17.0 Å². The highest BCUT2D eigenvalue weighted by molar-refractivity contribution is 6.06. The zero-order valence-corrected chi connectivity index (χ0v) is 20.9. The first-order valence-corrected chi connectivity index (χ1v) is 11.5. The molecule has 0 saturated carbocycles. The summed E-state index contributed by atoms with van der Waals surface area (Å²) in [4.78, 5) is 18.2. The van der Waals surface area contributed by atoms with Crippen LogP contribution in [0.15, 0.2) is 72.8 Å². The Balaban J connectivity index is 1.83. The van der Waals surface area contributed by atoms with Crippen molar-refractivity contribution in [1.29, 1.82) is 10.8 Å². The van der Waals surface area contributed by atoms with Crippen molar-refractivity contribution in [3.05, 3.63) is 95.6 Å². The molecule has 0 aliphatic heterocycles. The van der Waals surface area contributed by atoms with Gasteiger partial charge in [0.25, 0.3) is 17.7 Å². The van der Waals surface area contributed by atoms with Gasteiger partial charge < -0.3 is 36.3 Å². The Morgan fingerprint density at radius 3 is 2.27 bits per heavy atom. The van der Waals surface area contributed by atoms with Crippen LogP contribution in [0.5, 0.6) is 29.0 Å². The van der Waals surface area contributed by atoms with Gasteiger partial charge in [-0.3, -0.25) is 15.6 Å². The van der Waals surface area contributed by atoms with E-state index < -0.39 is 40.6 Å². The van der Waals surface area contributed by atoms with Gasteiger partial charge in [-0.15, -0.1) is 0 Å². The molecular formula is C27H23F2N7O4. The maximum Gasteiger partial charge on any atom is 0.264 e. The number of aromatic hydroxyl groups is 1. The number of rotatable bonds is 8. The first-order chi connectivity index (χ1) is 19.0. The largest absolute Gasteiger partial charge is 0.504 e. The molecule has 8 N–H and O–H groups in total. The van der Waals surface area contributed by atoms with Gasteiger partial charge in [-0.25, -0.2) is 0 Å². The van der Waals surface area contributed by atoms with Crippen LogP contribution >= 0.6 is 0 Å². The second-order valence-electron chi connectivity index (χ2n) is 8.29. The number of anilines is 2. The van der Waals surface area contributed by atoms with Crippen LogP contribution in [0.2, 0.25) is 0 Å². The maximum atomic E-state index is 15.7. The number of aromatic nitrogens is 1. The number of nitrogens with zero attached hydrogens (tertiary/aromatic N) is 2. The van der Waals surface area contributed by atoms with Crippen molar-refractivity contribution in [2.24, 2.45) is 11.5 Å². The number of ether oxygens (including phenoxy) is 2. The number of amides is 1. The predicted octanol–water partition coefficient (Wildman–Crippen LogP) is 4.52. The van der Waals surface area contributed by atoms with Crippen LogP contribution in [-0.2, 0) is 0 Å². The molecule has 0 fully saturated rings. The molecule has 0 aliphatic rings. The minimum atomic E-state index is -1.46. The molecule has 1 aromatic heterocycles. The lowest BCUT2D eigenvalue weighted by molar-refractivity contribution is 0.0982. The van der Waals surface area contributed by atoms with Gasteiger partial charge in [0.1, 0.15) is 17.1 Å². The number of hydrogen-bond acceptors (Lipinski definition) is 7. The van der Waals surface area contributed by atoms with Crippen molar-refractivity contribution in [1.82, 2.24) is 4.98 Å². The molecule has 0 bridgehead atoms. The summed E-state index contributed by atoms with van der Waals surface area (Å²) in [6.45, 7) is 0. The van der Waals surface area contributed by atoms with Crippen molar-refractivity contribution in [3.63, 3.8) is 0 Å². The highest BCUT2D eigenvalue weighted by Gasteiger charge is 2.31. The van der Waals surface area contributed by atoms with Crippen molar-refractivity contribution in [2.75, 3.05) is 17.3 Å². The van der Waals surface area contributed by atoms with E-state index in [-0.39, 0.29) is 28.9 Å². The zero-order chi connectivity index (χ0) is 29.0. The number of guanidine groups is 1. The maximum absolute atomic E-state index is 15.7. The SMILES string of the molecule is CN(C(=O)c1c(F)c(Oc2cccc(NC(=N)N)c2)nc(Oc2cc(C(=N)N)ccc2O)c1F)c1ccccc1. The Morgan fingerprint density at radius 1 is 0.950 bits per heavy atom. The fourth-order valence-electron chi connectivity index (χ4n) is 3.53. The van der Waals surface area contributed by atoms with Crippen LogP contribution in [0.4, 0.5) is 20.2 Å². The summed E-state index contributed by atoms with van der Waals surface area (Å²) in [6.07, 6.45) is 0. The van der Waals surface area contributed by atoms with E-state index in [9.17, 15) is 9.90 Å². The lowest BCUT2D eigenvalue weighted by Crippen LogP contribution is -2.28. The molecule has 0 radical (unpaired) electrons. The standard InChI is InChI=1S/C27H23F2N7O4/c1-36(16-7-3-2-4-8-16)26(38)20-21(28)24(39-17-9-5-6-15(13-17)34-27(32)33)35-25(22(20)29)40-19-12-14(23(30)31)10-11-18(19)37/h2-13,37H,1H3,(H3,30,31)(H4,32,33,34). The third-order valence-electron chi connectivity index (χ3n) is 5.48. The van der Waals surface area contributed by atoms with E-state index >= 15 is 8.78 Å². The predicted molar refractivity (Wildman–Crippen MR) is 145 cm³/mol. The van der Waals surface area contributed by atoms with Crippen molar-refractivity contribution >= 4 is 29.1 Å². The Bertz CT molecular complexity index is 1620. The summed E-state index contributed by atoms with van der Waals surface area (Å²) in [5, 5.41) is 27.8. The average molecular weight is 548 g/mol. The lowest BCUT2D eigenvalue weighted by atomic mass is 10.1. The number of halogens is 2. The molecule has 40 heavy (non-hydrogen) atoms. The second-order valence-corrected chi connectivity index (χ2v) is 8.29. The molecule has 0 atom stereocenters. The Morgan fingerprint density at radius 2 is 1.62 bits per heavy atom. The fraction of sp³-hybridized carbons (Fsp3) is 0.0370. The van der Waals surface area contributed by atoms with Crippen LogP contribution in [-0.4, -0.2) is 34.8 Å². The number of nitrogens with one attached hydrogen (secondary N) is 3. The Kier molecular flexibility index (Phi) is 7.75. The number of carbonyl (C=O) groups excluding carboxylic acids is 1. The summed E-state index contributed by atoms with van der Waals surface area (Å²) < 4.78 is 42.5. The van der Waals surface area contributed by atoms with E-state index in [2.05, 4.69) is 10.3 Å². The lowest BCUT2D eigenvalue weighted by Gasteiger charge is -2.20. The Labute approximate surface area is 226 Å². The van der Waals surface area contributed by atoms with Crippen molar-refractivity contribution in [2.45, 2.75) is 0 Å². The van der Waals surface area contributed by atoms with Crippen molar-refractivity contribution in [3.8, 4) is 29.0 Å². The van der Waals surface area contributed by atoms with E-state index in [1.807, 2.05) is 0 Å². The summed E-state index contributed by atoms with van der Waals surface area (Å²) in [5.74, 6) is -7.20. The van der Waals surface area contributed by atoms with Gasteiger partial charge in [-0.05, 0) is 42.5 Å². The third kappa shape index (κ3) is 5.88. The van der Waals surface area contributed by atoms with Crippen LogP contribution in [0.25, 0.3) is 0 Å². The van der Waals surface area contributed by atoms with Gasteiger partial charge in [0.05, 0.1) is 0 Å². The number of hydrogen-bond donors (Lipinski definition) is 6. The third-order valence-corrected chi connectivity index (χ3v) is 5.48. The first-order valence-electron chi connectivity index (χ1n) is 11.5. The number of phenolic OH excluding ortho intramolecular Hbond substituents is 1. The molecule has 204 valence electrons. The van der Waals surface area contributed by atoms with Gasteiger partial charge >= 0.3 is 0 Å². The number of nitrogens with two attached hydrogens (primary N) is 2. The minimum Gasteiger partial charge on any atom is -0.504 e. The number of amidine groups is 1. The molecule has 1 amide bonds. The normalized spacial score (nSPS) is 10.5. The van der Waals surface area contributed by atoms with Crippen LogP contribution in [0, 0.1) is 22.5 Å². The van der Waals surface area contributed by atoms with Gasteiger partial charge in [0.15, 0.2) is 17.5 Å². The van der Waals surface area contributed by atoms with Crippen molar-refractivity contribution < 1.29 is 28.2 Å². The number of para-hydroxylation sites is 1. The summed E-state index contributed by atoms with van der Waals surface area (Å²) in [6, 6.07) is 17.7. The minimum absolute atomic E-state index is 0.00597. The van der Waals surface area contributed by atoms with Crippen LogP contribution in [0.1, 0.15) is 15.9 Å². The molecule has 4 aromatic rings. The van der Waals surface area contributed by atoms with E-state index in [1.54, 1.807) is 36.4 Å². The number of benzene rings is 3. The summed E-state index contributed by atoms with van der Waals surface area (Å²) in [7, 11) is 1.33. The quantitative estimate of drug-likeness (QED) is 0.137. The molecule has 11 nitrogen and oxygen atoms in total.